The number of phosphoric ester groups is 1. The van der Waals surface area contributed by atoms with Crippen LogP contribution in [0, 0.1) is 0 Å². The van der Waals surface area contributed by atoms with Crippen LogP contribution in [0.15, 0.2) is 12.2 Å². The molecule has 0 radical (unpaired) electrons. The number of esters is 2. The number of ether oxygens (including phenoxy) is 2. The van der Waals surface area contributed by atoms with Gasteiger partial charge in [0.05, 0.1) is 6.61 Å². The second kappa shape index (κ2) is 43.4. The van der Waals surface area contributed by atoms with Crippen molar-refractivity contribution in [1.29, 1.82) is 0 Å². The highest BCUT2D eigenvalue weighted by Gasteiger charge is 2.23. The molecule has 0 aromatic carbocycles. The van der Waals surface area contributed by atoms with Crippen molar-refractivity contribution in [2.24, 2.45) is 0 Å². The lowest BCUT2D eigenvalue weighted by Gasteiger charge is -2.18. The summed E-state index contributed by atoms with van der Waals surface area (Å²) in [6.45, 7) is 3.73. The van der Waals surface area contributed by atoms with Gasteiger partial charge in [-0.15, -0.1) is 0 Å². The van der Waals surface area contributed by atoms with Crippen molar-refractivity contribution in [3.8, 4) is 0 Å². The van der Waals surface area contributed by atoms with Crippen molar-refractivity contribution in [1.82, 2.24) is 0 Å². The summed E-state index contributed by atoms with van der Waals surface area (Å²) in [6.07, 6.45) is 49.4. The number of rotatable bonds is 45. The number of phosphoric acid groups is 1. The summed E-state index contributed by atoms with van der Waals surface area (Å²) in [4.78, 5) is 43.0. The summed E-state index contributed by atoms with van der Waals surface area (Å²) in [5.74, 6) is -0.870. The topological polar surface area (TPSA) is 119 Å². The van der Waals surface area contributed by atoms with E-state index >= 15 is 0 Å². The highest BCUT2D eigenvalue weighted by Crippen LogP contribution is 2.36. The van der Waals surface area contributed by atoms with E-state index in [1.54, 1.807) is 0 Å². The molecule has 0 saturated heterocycles. The number of unbranched alkanes of at least 4 members (excludes halogenated alkanes) is 33. The minimum absolute atomic E-state index is 0.214. The molecule has 0 heterocycles. The third-order valence-electron chi connectivity index (χ3n) is 10.8. The predicted molar refractivity (Wildman–Crippen MR) is 235 cm³/mol. The Labute approximate surface area is 346 Å². The lowest BCUT2D eigenvalue weighted by molar-refractivity contribution is -0.161. The van der Waals surface area contributed by atoms with Crippen LogP contribution in [0.1, 0.15) is 258 Å². The quantitative estimate of drug-likeness (QED) is 0.0270. The van der Waals surface area contributed by atoms with Gasteiger partial charge >= 0.3 is 19.8 Å². The van der Waals surface area contributed by atoms with Crippen molar-refractivity contribution in [2.45, 2.75) is 264 Å². The first-order valence-electron chi connectivity index (χ1n) is 24.0. The summed E-state index contributed by atoms with van der Waals surface area (Å²) < 4.78 is 26.5. The van der Waals surface area contributed by atoms with Crippen molar-refractivity contribution in [3.05, 3.63) is 12.2 Å². The Morgan fingerprint density at radius 2 is 0.750 bits per heavy atom. The molecule has 9 heteroatoms. The van der Waals surface area contributed by atoms with Gasteiger partial charge in [0.1, 0.15) is 6.61 Å². The lowest BCUT2D eigenvalue weighted by atomic mass is 10.0. The lowest BCUT2D eigenvalue weighted by Crippen LogP contribution is -2.29. The van der Waals surface area contributed by atoms with Crippen LogP contribution in [0.25, 0.3) is 0 Å². The second-order valence-corrected chi connectivity index (χ2v) is 17.7. The average molecular weight is 815 g/mol. The Morgan fingerprint density at radius 1 is 0.446 bits per heavy atom. The summed E-state index contributed by atoms with van der Waals surface area (Å²) in [5.41, 5.74) is 0. The van der Waals surface area contributed by atoms with Gasteiger partial charge in [0.15, 0.2) is 6.10 Å². The van der Waals surface area contributed by atoms with E-state index in [-0.39, 0.29) is 19.4 Å². The molecule has 56 heavy (non-hydrogen) atoms. The van der Waals surface area contributed by atoms with E-state index in [9.17, 15) is 14.2 Å². The monoisotopic (exact) mass is 815 g/mol. The van der Waals surface area contributed by atoms with Gasteiger partial charge in [-0.1, -0.05) is 219 Å². The molecular formula is C47H91O8P. The van der Waals surface area contributed by atoms with Crippen molar-refractivity contribution >= 4 is 19.8 Å². The van der Waals surface area contributed by atoms with Gasteiger partial charge in [0.2, 0.25) is 0 Å². The Balaban J connectivity index is 3.81. The Morgan fingerprint density at radius 3 is 1.09 bits per heavy atom. The SMILES string of the molecule is CCCCCCCC/C=C/CCCCCCCCCCCC(=O)O[C@H](COC(=O)CCCCCCCCCCCCCCCCCCCCC)COP(=O)(O)O. The van der Waals surface area contributed by atoms with Gasteiger partial charge in [-0.2, -0.15) is 0 Å². The standard InChI is InChI=1S/C47H91O8P/c1-3-5-7-9-11-13-15-17-19-21-23-25-27-29-31-33-35-37-39-41-46(48)53-43-45(44-54-56(50,51)52)55-47(49)42-40-38-36-34-32-30-28-26-24-22-20-18-16-14-12-10-8-6-4-2/h18,20,45H,3-17,19,21-44H2,1-2H3,(H2,50,51,52)/b20-18+/t45-/m1/s1. The molecule has 0 aliphatic rings. The maximum absolute atomic E-state index is 12.4. The first-order valence-corrected chi connectivity index (χ1v) is 25.5. The fourth-order valence-electron chi connectivity index (χ4n) is 7.19. The van der Waals surface area contributed by atoms with Crippen LogP contribution >= 0.6 is 7.82 Å². The van der Waals surface area contributed by atoms with Crippen LogP contribution in [0.5, 0.6) is 0 Å². The number of hydrogen-bond acceptors (Lipinski definition) is 6. The maximum Gasteiger partial charge on any atom is 0.469 e. The van der Waals surface area contributed by atoms with Crippen LogP contribution in [0.2, 0.25) is 0 Å². The third-order valence-corrected chi connectivity index (χ3v) is 11.3. The van der Waals surface area contributed by atoms with E-state index in [0.29, 0.717) is 6.42 Å². The zero-order valence-electron chi connectivity index (χ0n) is 36.8. The molecule has 0 aromatic heterocycles. The van der Waals surface area contributed by atoms with Crippen LogP contribution in [0.4, 0.5) is 0 Å². The Bertz CT molecular complexity index is 920. The second-order valence-electron chi connectivity index (χ2n) is 16.4. The Kier molecular flexibility index (Phi) is 42.4. The van der Waals surface area contributed by atoms with Crippen LogP contribution in [-0.2, 0) is 28.2 Å². The van der Waals surface area contributed by atoms with Crippen LogP contribution in [-0.4, -0.2) is 41.0 Å². The molecule has 332 valence electrons. The molecule has 0 fully saturated rings. The minimum Gasteiger partial charge on any atom is -0.462 e. The fourth-order valence-corrected chi connectivity index (χ4v) is 7.55. The summed E-state index contributed by atoms with van der Waals surface area (Å²) in [5, 5.41) is 0. The molecule has 0 unspecified atom stereocenters. The van der Waals surface area contributed by atoms with E-state index in [4.69, 9.17) is 19.3 Å². The molecule has 0 amide bonds. The van der Waals surface area contributed by atoms with Gasteiger partial charge in [-0.05, 0) is 38.5 Å². The molecule has 0 saturated carbocycles. The van der Waals surface area contributed by atoms with Gasteiger partial charge < -0.3 is 19.3 Å². The molecule has 0 bridgehead atoms. The van der Waals surface area contributed by atoms with E-state index in [0.717, 1.165) is 38.5 Å². The number of carbonyl (C=O) groups excluding carboxylic acids is 2. The van der Waals surface area contributed by atoms with E-state index in [1.165, 1.54) is 186 Å². The zero-order chi connectivity index (χ0) is 41.1. The Hall–Kier alpha value is -1.21. The highest BCUT2D eigenvalue weighted by atomic mass is 31.2. The average Bonchev–Trinajstić information content (AvgIpc) is 3.17. The van der Waals surface area contributed by atoms with E-state index < -0.39 is 32.5 Å². The third kappa shape index (κ3) is 45.5. The normalized spacial score (nSPS) is 12.4. The first kappa shape index (κ1) is 54.8. The molecular weight excluding hydrogens is 723 g/mol. The van der Waals surface area contributed by atoms with E-state index in [1.807, 2.05) is 0 Å². The summed E-state index contributed by atoms with van der Waals surface area (Å²) in [6, 6.07) is 0. The van der Waals surface area contributed by atoms with Crippen molar-refractivity contribution < 1.29 is 37.9 Å². The van der Waals surface area contributed by atoms with Crippen molar-refractivity contribution in [2.75, 3.05) is 13.2 Å². The fraction of sp³-hybridized carbons (Fsp3) is 0.915. The molecule has 0 aliphatic heterocycles. The van der Waals surface area contributed by atoms with Gasteiger partial charge in [0, 0.05) is 12.8 Å². The van der Waals surface area contributed by atoms with E-state index in [2.05, 4.69) is 30.5 Å². The van der Waals surface area contributed by atoms with Gasteiger partial charge in [-0.3, -0.25) is 14.1 Å². The summed E-state index contributed by atoms with van der Waals surface area (Å²) in [7, 11) is -4.75. The smallest absolute Gasteiger partial charge is 0.462 e. The molecule has 0 rings (SSSR count). The van der Waals surface area contributed by atoms with Crippen LogP contribution in [0.3, 0.4) is 0 Å². The minimum atomic E-state index is -4.75. The first-order chi connectivity index (χ1) is 27.3. The zero-order valence-corrected chi connectivity index (χ0v) is 37.7. The van der Waals surface area contributed by atoms with Crippen molar-refractivity contribution in [3.63, 3.8) is 0 Å². The molecule has 2 N–H and O–H groups in total. The molecule has 8 nitrogen and oxygen atoms in total. The molecule has 1 atom stereocenters. The molecule has 0 spiro atoms. The maximum atomic E-state index is 12.4. The van der Waals surface area contributed by atoms with Crippen LogP contribution < -0.4 is 0 Å². The van der Waals surface area contributed by atoms with Gasteiger partial charge in [-0.25, -0.2) is 4.57 Å². The highest BCUT2D eigenvalue weighted by molar-refractivity contribution is 7.46. The number of allylic oxidation sites excluding steroid dienone is 2. The molecule has 0 aliphatic carbocycles. The van der Waals surface area contributed by atoms with Gasteiger partial charge in [0.25, 0.3) is 0 Å². The number of carbonyl (C=O) groups is 2. The largest absolute Gasteiger partial charge is 0.469 e. The summed E-state index contributed by atoms with van der Waals surface area (Å²) >= 11 is 0. The predicted octanol–water partition coefficient (Wildman–Crippen LogP) is 15.0. The number of hydrogen-bond donors (Lipinski definition) is 2. The molecule has 0 aromatic rings.